The van der Waals surface area contributed by atoms with Crippen molar-refractivity contribution in [3.63, 3.8) is 0 Å². The highest BCUT2D eigenvalue weighted by atomic mass is 32.2. The number of carbonyl (C=O) groups excluding carboxylic acids is 1. The number of nitrogens with one attached hydrogen (secondary N) is 1. The Labute approximate surface area is 129 Å². The van der Waals surface area contributed by atoms with Gasteiger partial charge in [-0.1, -0.05) is 0 Å². The number of nitrogens with zero attached hydrogens (tertiary/aromatic N) is 2. The zero-order chi connectivity index (χ0) is 15.7. The van der Waals surface area contributed by atoms with Gasteiger partial charge < -0.3 is 10.1 Å². The van der Waals surface area contributed by atoms with Crippen LogP contribution in [-0.4, -0.2) is 44.3 Å². The molecule has 0 radical (unpaired) electrons. The molecule has 22 heavy (non-hydrogen) atoms. The van der Waals surface area contributed by atoms with E-state index >= 15 is 0 Å². The average molecular weight is 325 g/mol. The van der Waals surface area contributed by atoms with E-state index in [1.807, 2.05) is 0 Å². The lowest BCUT2D eigenvalue weighted by molar-refractivity contribution is -0.117. The van der Waals surface area contributed by atoms with Crippen LogP contribution in [0.25, 0.3) is 0 Å². The van der Waals surface area contributed by atoms with E-state index in [1.54, 1.807) is 19.1 Å². The molecular formula is C14H19N3O4S. The second-order valence-corrected chi connectivity index (χ2v) is 7.63. The third kappa shape index (κ3) is 3.07. The molecule has 1 unspecified atom stereocenters. The Balaban J connectivity index is 1.76. The minimum absolute atomic E-state index is 0.138. The number of ether oxygens (including phenoxy) is 1. The molecule has 8 heteroatoms. The third-order valence-electron chi connectivity index (χ3n) is 3.83. The van der Waals surface area contributed by atoms with Crippen LogP contribution in [0.4, 0.5) is 11.5 Å². The average Bonchev–Trinajstić information content (AvgIpc) is 3.29. The Morgan fingerprint density at radius 3 is 2.95 bits per heavy atom. The van der Waals surface area contributed by atoms with Crippen LogP contribution >= 0.6 is 0 Å². The predicted molar refractivity (Wildman–Crippen MR) is 82.1 cm³/mol. The number of anilines is 2. The van der Waals surface area contributed by atoms with Gasteiger partial charge in [0.05, 0.1) is 18.0 Å². The monoisotopic (exact) mass is 325 g/mol. The molecule has 1 amide bonds. The summed E-state index contributed by atoms with van der Waals surface area (Å²) in [5.74, 6) is 0.333. The van der Waals surface area contributed by atoms with E-state index in [1.165, 1.54) is 6.20 Å². The number of aromatic nitrogens is 1. The Bertz CT molecular complexity index is 672. The molecule has 2 aliphatic rings. The maximum absolute atomic E-state index is 12.6. The van der Waals surface area contributed by atoms with Gasteiger partial charge in [0.25, 0.3) is 0 Å². The summed E-state index contributed by atoms with van der Waals surface area (Å²) in [4.78, 5) is 16.0. The molecule has 1 atom stereocenters. The Kier molecular flexibility index (Phi) is 4.05. The number of sulfonamides is 1. The molecule has 3 rings (SSSR count). The van der Waals surface area contributed by atoms with Crippen LogP contribution in [0.15, 0.2) is 18.3 Å². The van der Waals surface area contributed by atoms with Gasteiger partial charge in [-0.15, -0.1) is 0 Å². The largest absolute Gasteiger partial charge is 0.380 e. The normalized spacial score (nSPS) is 21.4. The van der Waals surface area contributed by atoms with Crippen molar-refractivity contribution in [2.24, 2.45) is 5.92 Å². The van der Waals surface area contributed by atoms with E-state index in [9.17, 15) is 13.2 Å². The first-order valence-corrected chi connectivity index (χ1v) is 8.95. The van der Waals surface area contributed by atoms with Crippen molar-refractivity contribution < 1.29 is 17.9 Å². The van der Waals surface area contributed by atoms with E-state index in [4.69, 9.17) is 4.74 Å². The minimum atomic E-state index is -3.65. The lowest BCUT2D eigenvalue weighted by Gasteiger charge is -2.34. The molecule has 2 heterocycles. The number of carbonyl (C=O) groups is 1. The standard InChI is InChI=1S/C14H19N3O4S/c1-10-14(18)16-13-12(3-2-6-15-13)17(10)22(19,20)8-7-21-9-11-4-5-11/h2-3,6,10-11H,4-5,7-9H2,1H3,(H,15,16,18). The van der Waals surface area contributed by atoms with E-state index in [0.29, 0.717) is 18.2 Å². The fraction of sp³-hybridized carbons (Fsp3) is 0.571. The van der Waals surface area contributed by atoms with Crippen LogP contribution in [0.2, 0.25) is 0 Å². The minimum Gasteiger partial charge on any atom is -0.380 e. The first-order valence-electron chi connectivity index (χ1n) is 7.35. The van der Waals surface area contributed by atoms with Crippen molar-refractivity contribution in [3.05, 3.63) is 18.3 Å². The SMILES string of the molecule is CC1C(=O)Nc2ncccc2N1S(=O)(=O)CCOCC1CC1. The van der Waals surface area contributed by atoms with Crippen molar-refractivity contribution in [1.29, 1.82) is 0 Å². The van der Waals surface area contributed by atoms with Gasteiger partial charge in [-0.3, -0.25) is 9.10 Å². The molecule has 1 fully saturated rings. The summed E-state index contributed by atoms with van der Waals surface area (Å²) in [5, 5.41) is 2.61. The molecule has 1 aromatic heterocycles. The molecule has 0 aromatic carbocycles. The van der Waals surface area contributed by atoms with E-state index < -0.39 is 16.1 Å². The van der Waals surface area contributed by atoms with Crippen molar-refractivity contribution in [1.82, 2.24) is 4.98 Å². The number of hydrogen-bond donors (Lipinski definition) is 1. The summed E-state index contributed by atoms with van der Waals surface area (Å²) in [6.07, 6.45) is 3.84. The number of hydrogen-bond acceptors (Lipinski definition) is 5. The highest BCUT2D eigenvalue weighted by molar-refractivity contribution is 7.92. The van der Waals surface area contributed by atoms with Crippen LogP contribution in [-0.2, 0) is 19.6 Å². The van der Waals surface area contributed by atoms with Crippen LogP contribution in [0, 0.1) is 5.92 Å². The summed E-state index contributed by atoms with van der Waals surface area (Å²) in [6.45, 7) is 2.32. The zero-order valence-corrected chi connectivity index (χ0v) is 13.2. The fourth-order valence-electron chi connectivity index (χ4n) is 2.40. The van der Waals surface area contributed by atoms with Gasteiger partial charge in [-0.2, -0.15) is 0 Å². The molecule has 1 aliphatic heterocycles. The molecule has 1 saturated carbocycles. The van der Waals surface area contributed by atoms with Crippen molar-refractivity contribution in [3.8, 4) is 0 Å². The van der Waals surface area contributed by atoms with Gasteiger partial charge >= 0.3 is 0 Å². The smallest absolute Gasteiger partial charge is 0.249 e. The topological polar surface area (TPSA) is 88.6 Å². The van der Waals surface area contributed by atoms with E-state index in [0.717, 1.165) is 17.1 Å². The highest BCUT2D eigenvalue weighted by Crippen LogP contribution is 2.32. The van der Waals surface area contributed by atoms with E-state index in [-0.39, 0.29) is 24.1 Å². The molecular weight excluding hydrogens is 306 g/mol. The summed E-state index contributed by atoms with van der Waals surface area (Å²) >= 11 is 0. The molecule has 120 valence electrons. The first-order chi connectivity index (χ1) is 10.5. The van der Waals surface area contributed by atoms with Gasteiger partial charge in [0.2, 0.25) is 15.9 Å². The highest BCUT2D eigenvalue weighted by Gasteiger charge is 2.37. The molecule has 0 saturated heterocycles. The van der Waals surface area contributed by atoms with Crippen molar-refractivity contribution in [2.45, 2.75) is 25.8 Å². The number of fused-ring (bicyclic) bond motifs is 1. The summed E-state index contributed by atoms with van der Waals surface area (Å²) in [6, 6.07) is 2.49. The Morgan fingerprint density at radius 1 is 1.45 bits per heavy atom. The second kappa shape index (κ2) is 5.85. The van der Waals surface area contributed by atoms with Crippen LogP contribution in [0.5, 0.6) is 0 Å². The lowest BCUT2D eigenvalue weighted by atomic mass is 10.2. The van der Waals surface area contributed by atoms with Crippen LogP contribution in [0.1, 0.15) is 19.8 Å². The van der Waals surface area contributed by atoms with Gasteiger partial charge in [0, 0.05) is 12.8 Å². The lowest BCUT2D eigenvalue weighted by Crippen LogP contribution is -2.50. The third-order valence-corrected chi connectivity index (χ3v) is 5.63. The summed E-state index contributed by atoms with van der Waals surface area (Å²) in [5.41, 5.74) is 0.400. The maximum Gasteiger partial charge on any atom is 0.249 e. The summed E-state index contributed by atoms with van der Waals surface area (Å²) < 4.78 is 31.8. The zero-order valence-electron chi connectivity index (χ0n) is 12.4. The molecule has 1 aliphatic carbocycles. The first kappa shape index (κ1) is 15.2. The molecule has 0 spiro atoms. The second-order valence-electron chi connectivity index (χ2n) is 5.67. The molecule has 1 aromatic rings. The molecule has 7 nitrogen and oxygen atoms in total. The maximum atomic E-state index is 12.6. The summed E-state index contributed by atoms with van der Waals surface area (Å²) in [7, 11) is -3.65. The van der Waals surface area contributed by atoms with Gasteiger partial charge in [-0.25, -0.2) is 13.4 Å². The van der Waals surface area contributed by atoms with E-state index in [2.05, 4.69) is 10.3 Å². The molecule has 0 bridgehead atoms. The predicted octanol–water partition coefficient (Wildman–Crippen LogP) is 0.985. The van der Waals surface area contributed by atoms with Crippen LogP contribution < -0.4 is 9.62 Å². The van der Waals surface area contributed by atoms with Gasteiger partial charge in [0.15, 0.2) is 5.82 Å². The number of amides is 1. The van der Waals surface area contributed by atoms with Crippen molar-refractivity contribution in [2.75, 3.05) is 28.6 Å². The van der Waals surface area contributed by atoms with Crippen molar-refractivity contribution >= 4 is 27.4 Å². The Morgan fingerprint density at radius 2 is 2.23 bits per heavy atom. The number of rotatable bonds is 6. The van der Waals surface area contributed by atoms with Gasteiger partial charge in [0.1, 0.15) is 6.04 Å². The fourth-order valence-corrected chi connectivity index (χ4v) is 3.94. The molecule has 1 N–H and O–H groups in total. The quantitative estimate of drug-likeness (QED) is 0.788. The number of pyridine rings is 1. The van der Waals surface area contributed by atoms with Crippen LogP contribution in [0.3, 0.4) is 0 Å². The van der Waals surface area contributed by atoms with Gasteiger partial charge in [-0.05, 0) is 37.8 Å². The Hall–Kier alpha value is -1.67.